The number of aryl methyl sites for hydroxylation is 1. The molecule has 0 saturated carbocycles. The summed E-state index contributed by atoms with van der Waals surface area (Å²) in [5, 5.41) is 3.34. The van der Waals surface area contributed by atoms with Crippen LogP contribution in [0.5, 0.6) is 0 Å². The van der Waals surface area contributed by atoms with Gasteiger partial charge in [-0.15, -0.1) is 0 Å². The first-order chi connectivity index (χ1) is 15.3. The molecule has 7 heteroatoms. The lowest BCUT2D eigenvalue weighted by atomic mass is 10.0. The Balaban J connectivity index is 1.71. The van der Waals surface area contributed by atoms with Gasteiger partial charge in [0, 0.05) is 22.6 Å². The fraction of sp³-hybridized carbons (Fsp3) is 0.160. The molecule has 1 aliphatic rings. The maximum atomic E-state index is 13.3. The van der Waals surface area contributed by atoms with E-state index in [4.69, 9.17) is 23.8 Å². The van der Waals surface area contributed by atoms with Crippen molar-refractivity contribution in [2.45, 2.75) is 26.7 Å². The zero-order valence-electron chi connectivity index (χ0n) is 17.9. The van der Waals surface area contributed by atoms with Crippen LogP contribution >= 0.6 is 23.8 Å². The number of carbonyl (C=O) groups is 2. The third-order valence-electron chi connectivity index (χ3n) is 5.43. The van der Waals surface area contributed by atoms with E-state index in [0.29, 0.717) is 22.3 Å². The Morgan fingerprint density at radius 2 is 1.72 bits per heavy atom. The van der Waals surface area contributed by atoms with Gasteiger partial charge in [-0.3, -0.25) is 19.8 Å². The van der Waals surface area contributed by atoms with Crippen molar-refractivity contribution in [1.29, 1.82) is 0 Å². The smallest absolute Gasteiger partial charge is 0.270 e. The van der Waals surface area contributed by atoms with Crippen LogP contribution in [-0.4, -0.2) is 21.5 Å². The summed E-state index contributed by atoms with van der Waals surface area (Å²) in [6.45, 7) is 6.13. The number of aromatic nitrogens is 1. The van der Waals surface area contributed by atoms with Gasteiger partial charge in [-0.25, -0.2) is 0 Å². The molecule has 1 saturated heterocycles. The minimum atomic E-state index is -0.523. The van der Waals surface area contributed by atoms with Crippen LogP contribution in [0.25, 0.3) is 11.8 Å². The molecular formula is C25H22ClN3O2S. The molecule has 32 heavy (non-hydrogen) atoms. The first-order valence-electron chi connectivity index (χ1n) is 10.2. The quantitative estimate of drug-likeness (QED) is 0.320. The molecule has 0 aliphatic carbocycles. The summed E-state index contributed by atoms with van der Waals surface area (Å²) < 4.78 is 1.87. The van der Waals surface area contributed by atoms with Crippen molar-refractivity contribution in [2.24, 2.45) is 0 Å². The van der Waals surface area contributed by atoms with Gasteiger partial charge in [-0.1, -0.05) is 43.6 Å². The molecule has 1 fully saturated rings. The standard InChI is InChI=1S/C25H22ClN3O2S/c1-15(2)17-7-10-18(11-8-17)29-24(31)21(23(30)27-25(29)32)13-19-5-4-12-28(19)20-9-6-16(3)22(26)14-20/h4-15H,1-3H3,(H,27,30,32)/b21-13+. The molecule has 0 atom stereocenters. The summed E-state index contributed by atoms with van der Waals surface area (Å²) in [5.74, 6) is -0.623. The highest BCUT2D eigenvalue weighted by molar-refractivity contribution is 7.80. The lowest BCUT2D eigenvalue weighted by Crippen LogP contribution is -2.54. The van der Waals surface area contributed by atoms with Crippen LogP contribution in [0.1, 0.15) is 36.6 Å². The molecule has 162 valence electrons. The number of carbonyl (C=O) groups excluding carboxylic acids is 2. The highest BCUT2D eigenvalue weighted by atomic mass is 35.5. The fourth-order valence-electron chi connectivity index (χ4n) is 3.53. The van der Waals surface area contributed by atoms with Crippen LogP contribution in [-0.2, 0) is 9.59 Å². The number of benzene rings is 2. The summed E-state index contributed by atoms with van der Waals surface area (Å²) in [7, 11) is 0. The van der Waals surface area contributed by atoms with E-state index in [-0.39, 0.29) is 10.7 Å². The molecule has 5 nitrogen and oxygen atoms in total. The van der Waals surface area contributed by atoms with E-state index >= 15 is 0 Å². The first kappa shape index (κ1) is 22.0. The molecule has 0 radical (unpaired) electrons. The molecule has 1 N–H and O–H groups in total. The Labute approximate surface area is 197 Å². The van der Waals surface area contributed by atoms with Crippen molar-refractivity contribution in [3.63, 3.8) is 0 Å². The van der Waals surface area contributed by atoms with E-state index in [9.17, 15) is 9.59 Å². The van der Waals surface area contributed by atoms with E-state index in [1.807, 2.05) is 72.3 Å². The van der Waals surface area contributed by atoms with Crippen LogP contribution in [0.3, 0.4) is 0 Å². The molecular weight excluding hydrogens is 442 g/mol. The van der Waals surface area contributed by atoms with Crippen molar-refractivity contribution >= 4 is 52.5 Å². The van der Waals surface area contributed by atoms with Gasteiger partial charge >= 0.3 is 0 Å². The van der Waals surface area contributed by atoms with Gasteiger partial charge < -0.3 is 4.57 Å². The SMILES string of the molecule is Cc1ccc(-n2cccc2/C=C2\C(=O)NC(=S)N(c3ccc(C(C)C)cc3)C2=O)cc1Cl. The average Bonchev–Trinajstić information content (AvgIpc) is 3.21. The number of nitrogens with zero attached hydrogens (tertiary/aromatic N) is 2. The Bertz CT molecular complexity index is 1260. The zero-order chi connectivity index (χ0) is 23.0. The van der Waals surface area contributed by atoms with Crippen molar-refractivity contribution in [3.05, 3.63) is 88.2 Å². The van der Waals surface area contributed by atoms with Gasteiger partial charge in [-0.05, 0) is 78.7 Å². The van der Waals surface area contributed by atoms with Crippen molar-refractivity contribution in [2.75, 3.05) is 4.90 Å². The molecule has 2 aromatic carbocycles. The zero-order valence-corrected chi connectivity index (χ0v) is 19.5. The van der Waals surface area contributed by atoms with Crippen LogP contribution in [0.4, 0.5) is 5.69 Å². The highest BCUT2D eigenvalue weighted by Crippen LogP contribution is 2.26. The number of hydrogen-bond donors (Lipinski definition) is 1. The molecule has 4 rings (SSSR count). The van der Waals surface area contributed by atoms with Gasteiger partial charge in [0.15, 0.2) is 5.11 Å². The number of amides is 2. The van der Waals surface area contributed by atoms with Crippen molar-refractivity contribution in [3.8, 4) is 5.69 Å². The van der Waals surface area contributed by atoms with Gasteiger partial charge in [-0.2, -0.15) is 0 Å². The van der Waals surface area contributed by atoms with Crippen molar-refractivity contribution < 1.29 is 9.59 Å². The number of hydrogen-bond acceptors (Lipinski definition) is 3. The van der Waals surface area contributed by atoms with Gasteiger partial charge in [0.25, 0.3) is 11.8 Å². The Kier molecular flexibility index (Phi) is 6.00. The minimum absolute atomic E-state index is 0.00435. The van der Waals surface area contributed by atoms with Gasteiger partial charge in [0.05, 0.1) is 5.69 Å². The normalized spacial score (nSPS) is 15.6. The topological polar surface area (TPSA) is 54.3 Å². The third kappa shape index (κ3) is 4.11. The van der Waals surface area contributed by atoms with Crippen LogP contribution in [0.2, 0.25) is 5.02 Å². The molecule has 0 unspecified atom stereocenters. The third-order valence-corrected chi connectivity index (χ3v) is 6.12. The van der Waals surface area contributed by atoms with E-state index < -0.39 is 11.8 Å². The molecule has 0 spiro atoms. The number of anilines is 1. The molecule has 1 aromatic heterocycles. The van der Waals surface area contributed by atoms with Gasteiger partial charge in [0.1, 0.15) is 5.57 Å². The lowest BCUT2D eigenvalue weighted by molar-refractivity contribution is -0.122. The van der Waals surface area contributed by atoms with Crippen LogP contribution in [0, 0.1) is 6.92 Å². The molecule has 3 aromatic rings. The van der Waals surface area contributed by atoms with Crippen molar-refractivity contribution in [1.82, 2.24) is 9.88 Å². The minimum Gasteiger partial charge on any atom is -0.317 e. The second-order valence-electron chi connectivity index (χ2n) is 7.94. The maximum absolute atomic E-state index is 13.3. The predicted octanol–water partition coefficient (Wildman–Crippen LogP) is 5.39. The number of rotatable bonds is 4. The van der Waals surface area contributed by atoms with Crippen LogP contribution in [0.15, 0.2) is 66.4 Å². The summed E-state index contributed by atoms with van der Waals surface area (Å²) in [6.07, 6.45) is 3.42. The van der Waals surface area contributed by atoms with E-state index in [1.165, 1.54) is 4.90 Å². The Hall–Kier alpha value is -3.22. The molecule has 1 aliphatic heterocycles. The second kappa shape index (κ2) is 8.73. The summed E-state index contributed by atoms with van der Waals surface area (Å²) in [5.41, 5.74) is 4.24. The lowest BCUT2D eigenvalue weighted by Gasteiger charge is -2.29. The average molecular weight is 464 g/mol. The first-order valence-corrected chi connectivity index (χ1v) is 11.0. The maximum Gasteiger partial charge on any atom is 0.270 e. The summed E-state index contributed by atoms with van der Waals surface area (Å²) in [6, 6.07) is 17.0. The summed E-state index contributed by atoms with van der Waals surface area (Å²) >= 11 is 11.6. The molecule has 2 amide bonds. The van der Waals surface area contributed by atoms with E-state index in [0.717, 1.165) is 16.8 Å². The summed E-state index contributed by atoms with van der Waals surface area (Å²) in [4.78, 5) is 27.3. The number of nitrogens with one attached hydrogen (secondary N) is 1. The monoisotopic (exact) mass is 463 g/mol. The van der Waals surface area contributed by atoms with Crippen LogP contribution < -0.4 is 10.2 Å². The number of halogens is 1. The second-order valence-corrected chi connectivity index (χ2v) is 8.73. The predicted molar refractivity (Wildman–Crippen MR) is 132 cm³/mol. The Morgan fingerprint density at radius 3 is 2.38 bits per heavy atom. The van der Waals surface area contributed by atoms with E-state index in [1.54, 1.807) is 6.08 Å². The molecule has 2 heterocycles. The fourth-order valence-corrected chi connectivity index (χ4v) is 3.98. The van der Waals surface area contributed by atoms with Gasteiger partial charge in [0.2, 0.25) is 0 Å². The highest BCUT2D eigenvalue weighted by Gasteiger charge is 2.34. The van der Waals surface area contributed by atoms with E-state index in [2.05, 4.69) is 19.2 Å². The largest absolute Gasteiger partial charge is 0.317 e. The molecule has 0 bridgehead atoms. The number of thiocarbonyl (C=S) groups is 1. The Morgan fingerprint density at radius 1 is 1.03 bits per heavy atom.